The molecule has 1 aromatic carbocycles. The first-order valence-electron chi connectivity index (χ1n) is 9.24. The number of rotatable bonds is 9. The molecule has 1 rings (SSSR count). The predicted octanol–water partition coefficient (Wildman–Crippen LogP) is 2.54. The second-order valence-electron chi connectivity index (χ2n) is 7.35. The van der Waals surface area contributed by atoms with Crippen LogP contribution in [-0.2, 0) is 30.4 Å². The first-order valence-corrected chi connectivity index (χ1v) is 10.5. The topological polar surface area (TPSA) is 103 Å². The van der Waals surface area contributed by atoms with Crippen LogP contribution in [0.25, 0.3) is 0 Å². The van der Waals surface area contributed by atoms with E-state index in [4.69, 9.17) is 20.6 Å². The normalized spacial score (nSPS) is 13.9. The Morgan fingerprint density at radius 1 is 1.17 bits per heavy atom. The molecule has 30 heavy (non-hydrogen) atoms. The van der Waals surface area contributed by atoms with Crippen molar-refractivity contribution in [3.05, 3.63) is 35.9 Å². The van der Waals surface area contributed by atoms with E-state index in [1.807, 2.05) is 30.3 Å². The van der Waals surface area contributed by atoms with Gasteiger partial charge in [-0.25, -0.2) is 9.59 Å². The third-order valence-electron chi connectivity index (χ3n) is 3.47. The van der Waals surface area contributed by atoms with E-state index in [2.05, 4.69) is 16.6 Å². The fourth-order valence-corrected chi connectivity index (χ4v) is 2.35. The molecule has 0 heterocycles. The first kappa shape index (κ1) is 25.7. The molecule has 0 fully saturated rings. The summed E-state index contributed by atoms with van der Waals surface area (Å²) >= 11 is 1.77. The van der Waals surface area contributed by atoms with Gasteiger partial charge < -0.3 is 24.8 Å². The van der Waals surface area contributed by atoms with Gasteiger partial charge in [-0.2, -0.15) is 0 Å². The molecule has 9 heteroatoms. The van der Waals surface area contributed by atoms with E-state index in [0.29, 0.717) is 0 Å². The SMILES string of the molecule is C#CC(I)OC(=O)[C@H](COCc1ccccc1)NC(=O)[C@H](C)NC(=O)OC(C)(C)C. The lowest BCUT2D eigenvalue weighted by Crippen LogP contribution is -2.53. The van der Waals surface area contributed by atoms with Crippen LogP contribution in [0.5, 0.6) is 0 Å². The van der Waals surface area contributed by atoms with Crippen molar-refractivity contribution >= 4 is 40.6 Å². The molecule has 3 atom stereocenters. The highest BCUT2D eigenvalue weighted by molar-refractivity contribution is 14.1. The van der Waals surface area contributed by atoms with Crippen molar-refractivity contribution < 1.29 is 28.6 Å². The number of amides is 2. The average molecular weight is 530 g/mol. The van der Waals surface area contributed by atoms with Crippen LogP contribution in [0.2, 0.25) is 0 Å². The number of nitrogens with one attached hydrogen (secondary N) is 2. The van der Waals surface area contributed by atoms with E-state index in [0.717, 1.165) is 5.56 Å². The Morgan fingerprint density at radius 3 is 2.37 bits per heavy atom. The van der Waals surface area contributed by atoms with Gasteiger partial charge in [0.15, 0.2) is 6.04 Å². The van der Waals surface area contributed by atoms with Crippen LogP contribution in [0.1, 0.15) is 33.3 Å². The Bertz CT molecular complexity index is 757. The zero-order valence-electron chi connectivity index (χ0n) is 17.4. The molecular weight excluding hydrogens is 503 g/mol. The van der Waals surface area contributed by atoms with Crippen LogP contribution < -0.4 is 10.6 Å². The summed E-state index contributed by atoms with van der Waals surface area (Å²) in [7, 11) is 0. The lowest BCUT2D eigenvalue weighted by Gasteiger charge is -2.23. The third-order valence-corrected chi connectivity index (χ3v) is 4.09. The van der Waals surface area contributed by atoms with E-state index in [-0.39, 0.29) is 13.2 Å². The van der Waals surface area contributed by atoms with E-state index >= 15 is 0 Å². The monoisotopic (exact) mass is 530 g/mol. The Kier molecular flexibility index (Phi) is 10.6. The minimum Gasteiger partial charge on any atom is -0.444 e. The van der Waals surface area contributed by atoms with Crippen molar-refractivity contribution in [3.8, 4) is 12.3 Å². The van der Waals surface area contributed by atoms with Gasteiger partial charge >= 0.3 is 12.1 Å². The highest BCUT2D eigenvalue weighted by Crippen LogP contribution is 2.08. The molecule has 8 nitrogen and oxygen atoms in total. The molecule has 0 aliphatic carbocycles. The van der Waals surface area contributed by atoms with Crippen LogP contribution in [0.3, 0.4) is 0 Å². The van der Waals surface area contributed by atoms with Gasteiger partial charge in [-0.05, 0) is 55.8 Å². The van der Waals surface area contributed by atoms with Crippen molar-refractivity contribution in [2.75, 3.05) is 6.61 Å². The number of hydrogen-bond donors (Lipinski definition) is 2. The number of benzene rings is 1. The number of alkyl halides is 1. The van der Waals surface area contributed by atoms with Gasteiger partial charge in [0.05, 0.1) is 13.2 Å². The zero-order chi connectivity index (χ0) is 22.7. The predicted molar refractivity (Wildman–Crippen MR) is 120 cm³/mol. The van der Waals surface area contributed by atoms with Crippen LogP contribution in [0.15, 0.2) is 30.3 Å². The fourth-order valence-electron chi connectivity index (χ4n) is 2.10. The number of ether oxygens (including phenoxy) is 3. The molecule has 0 aliphatic rings. The molecule has 0 spiro atoms. The van der Waals surface area contributed by atoms with E-state index < -0.39 is 39.8 Å². The van der Waals surface area contributed by atoms with E-state index in [9.17, 15) is 14.4 Å². The number of halogens is 1. The average Bonchev–Trinajstić information content (AvgIpc) is 2.66. The highest BCUT2D eigenvalue weighted by Gasteiger charge is 2.28. The fraction of sp³-hybridized carbons (Fsp3) is 0.476. The minimum absolute atomic E-state index is 0.132. The maximum Gasteiger partial charge on any atom is 0.408 e. The second-order valence-corrected chi connectivity index (χ2v) is 8.48. The number of esters is 1. The number of hydrogen-bond acceptors (Lipinski definition) is 6. The summed E-state index contributed by atoms with van der Waals surface area (Å²) in [6.45, 7) is 6.70. The zero-order valence-corrected chi connectivity index (χ0v) is 19.6. The van der Waals surface area contributed by atoms with Crippen molar-refractivity contribution in [1.29, 1.82) is 0 Å². The van der Waals surface area contributed by atoms with Crippen LogP contribution >= 0.6 is 22.6 Å². The lowest BCUT2D eigenvalue weighted by atomic mass is 10.2. The second kappa shape index (κ2) is 12.4. The largest absolute Gasteiger partial charge is 0.444 e. The molecule has 0 aromatic heterocycles. The summed E-state index contributed by atoms with van der Waals surface area (Å²) in [4.78, 5) is 36.7. The Balaban J connectivity index is 2.70. The number of alkyl carbamates (subject to hydrolysis) is 1. The Labute approximate surface area is 190 Å². The molecule has 1 aromatic rings. The molecule has 2 N–H and O–H groups in total. The third kappa shape index (κ3) is 10.5. The summed E-state index contributed by atoms with van der Waals surface area (Å²) in [5.74, 6) is 0.935. The summed E-state index contributed by atoms with van der Waals surface area (Å²) < 4.78 is 15.0. The van der Waals surface area contributed by atoms with Gasteiger partial charge in [-0.3, -0.25) is 4.79 Å². The van der Waals surface area contributed by atoms with Crippen molar-refractivity contribution in [1.82, 2.24) is 10.6 Å². The van der Waals surface area contributed by atoms with Crippen molar-refractivity contribution in [2.24, 2.45) is 0 Å². The maximum absolute atomic E-state index is 12.5. The minimum atomic E-state index is -1.10. The van der Waals surface area contributed by atoms with Gasteiger partial charge in [0.25, 0.3) is 0 Å². The molecule has 0 saturated heterocycles. The van der Waals surface area contributed by atoms with E-state index in [1.54, 1.807) is 43.4 Å². The standard InChI is InChI=1S/C21H27IN2O6/c1-6-17(22)29-19(26)16(13-28-12-15-10-8-7-9-11-15)24-18(25)14(2)23-20(27)30-21(3,4)5/h1,7-11,14,16-17H,12-13H2,2-5H3,(H,23,27)(H,24,25)/t14-,16-,17?/m0/s1. The van der Waals surface area contributed by atoms with Crippen LogP contribution in [0.4, 0.5) is 4.79 Å². The van der Waals surface area contributed by atoms with Gasteiger partial charge in [0.1, 0.15) is 11.6 Å². The van der Waals surface area contributed by atoms with Gasteiger partial charge in [0, 0.05) is 0 Å². The molecular formula is C21H27IN2O6. The lowest BCUT2D eigenvalue weighted by molar-refractivity contribution is -0.149. The van der Waals surface area contributed by atoms with Crippen molar-refractivity contribution in [2.45, 2.75) is 56.1 Å². The molecule has 0 bridgehead atoms. The molecule has 0 aliphatic heterocycles. The molecule has 2 amide bonds. The summed E-state index contributed by atoms with van der Waals surface area (Å²) in [6.07, 6.45) is 4.49. The molecule has 164 valence electrons. The molecule has 1 unspecified atom stereocenters. The van der Waals surface area contributed by atoms with E-state index in [1.165, 1.54) is 6.92 Å². The molecule has 0 saturated carbocycles. The first-order chi connectivity index (χ1) is 14.0. The van der Waals surface area contributed by atoms with Crippen LogP contribution in [-0.4, -0.2) is 46.4 Å². The van der Waals surface area contributed by atoms with Crippen LogP contribution in [0, 0.1) is 12.3 Å². The molecule has 0 radical (unpaired) electrons. The summed E-state index contributed by atoms with van der Waals surface area (Å²) in [5.41, 5.74) is 0.203. The van der Waals surface area contributed by atoms with Gasteiger partial charge in [-0.15, -0.1) is 6.42 Å². The number of carbonyl (C=O) groups excluding carboxylic acids is 3. The smallest absolute Gasteiger partial charge is 0.408 e. The Morgan fingerprint density at radius 2 is 1.80 bits per heavy atom. The van der Waals surface area contributed by atoms with Gasteiger partial charge in [-0.1, -0.05) is 36.3 Å². The quantitative estimate of drug-likeness (QED) is 0.220. The van der Waals surface area contributed by atoms with Crippen molar-refractivity contribution in [3.63, 3.8) is 0 Å². The number of terminal acetylenes is 1. The summed E-state index contributed by atoms with van der Waals surface area (Å²) in [6, 6.07) is 7.30. The number of carbonyl (C=O) groups is 3. The summed E-state index contributed by atoms with van der Waals surface area (Å²) in [5, 5.41) is 4.93. The Hall–Kier alpha value is -2.32. The van der Waals surface area contributed by atoms with Gasteiger partial charge in [0.2, 0.25) is 10.0 Å². The highest BCUT2D eigenvalue weighted by atomic mass is 127. The maximum atomic E-state index is 12.5.